The summed E-state index contributed by atoms with van der Waals surface area (Å²) in [5.41, 5.74) is 2.96. The van der Waals surface area contributed by atoms with Crippen LogP contribution in [0.3, 0.4) is 0 Å². The van der Waals surface area contributed by atoms with E-state index in [4.69, 9.17) is 11.2 Å². The number of aryl methyl sites for hydroxylation is 1. The summed E-state index contributed by atoms with van der Waals surface area (Å²) < 4.78 is 6.23. The molecule has 6 heteroatoms. The van der Waals surface area contributed by atoms with Crippen LogP contribution in [0.2, 0.25) is 0 Å². The molecule has 1 aliphatic rings. The molecule has 1 heterocycles. The van der Waals surface area contributed by atoms with E-state index in [9.17, 15) is 4.79 Å². The minimum Gasteiger partial charge on any atom is -0.480 e. The maximum absolute atomic E-state index is 12.3. The molecule has 3 rings (SSSR count). The zero-order chi connectivity index (χ0) is 19.2. The maximum atomic E-state index is 12.3. The molecule has 27 heavy (non-hydrogen) atoms. The third-order valence-corrected chi connectivity index (χ3v) is 5.60. The van der Waals surface area contributed by atoms with Crippen LogP contribution in [0.1, 0.15) is 18.1 Å². The minimum absolute atomic E-state index is 0.0912. The first kappa shape index (κ1) is 19.4. The Morgan fingerprint density at radius 2 is 2.11 bits per heavy atom. The Morgan fingerprint density at radius 1 is 1.33 bits per heavy atom. The van der Waals surface area contributed by atoms with Crippen LogP contribution in [0.5, 0.6) is 5.75 Å². The van der Waals surface area contributed by atoms with Crippen LogP contribution in [0.25, 0.3) is 6.08 Å². The number of rotatable bonds is 6. The van der Waals surface area contributed by atoms with Crippen molar-refractivity contribution < 1.29 is 9.53 Å². The maximum Gasteiger partial charge on any atom is 0.260 e. The van der Waals surface area contributed by atoms with Gasteiger partial charge in [0.05, 0.1) is 9.38 Å². The second kappa shape index (κ2) is 9.03. The zero-order valence-electron chi connectivity index (χ0n) is 14.8. The van der Waals surface area contributed by atoms with Gasteiger partial charge in [-0.25, -0.2) is 0 Å². The molecular weight excluding hydrogens is 424 g/mol. The molecule has 0 aliphatic carbocycles. The number of carbonyl (C=O) groups excluding carboxylic acids is 1. The lowest BCUT2D eigenvalue weighted by Gasteiger charge is -2.12. The molecule has 0 radical (unpaired) electrons. The number of carbonyl (C=O) groups is 1. The number of nitrogens with one attached hydrogen (secondary N) is 2. The Labute approximate surface area is 171 Å². The van der Waals surface area contributed by atoms with Gasteiger partial charge in [-0.2, -0.15) is 0 Å². The number of benzene rings is 2. The quantitative estimate of drug-likeness (QED) is 0.505. The lowest BCUT2D eigenvalue weighted by Crippen LogP contribution is -2.30. The summed E-state index contributed by atoms with van der Waals surface area (Å²) in [5.74, 6) is 3.02. The van der Waals surface area contributed by atoms with Crippen LogP contribution in [0, 0.1) is 12.3 Å². The second-order valence-corrected chi connectivity index (χ2v) is 7.86. The zero-order valence-corrected chi connectivity index (χ0v) is 17.2. The largest absolute Gasteiger partial charge is 0.480 e. The van der Waals surface area contributed by atoms with Gasteiger partial charge in [-0.05, 0) is 63.8 Å². The number of hydrogen-bond acceptors (Lipinski definition) is 4. The first-order valence-electron chi connectivity index (χ1n) is 8.49. The van der Waals surface area contributed by atoms with E-state index in [1.807, 2.05) is 36.4 Å². The van der Waals surface area contributed by atoms with Crippen molar-refractivity contribution in [2.75, 3.05) is 11.9 Å². The fraction of sp³-hybridized carbons (Fsp3) is 0.190. The first-order valence-corrected chi connectivity index (χ1v) is 10.2. The molecule has 2 aromatic carbocycles. The van der Waals surface area contributed by atoms with Gasteiger partial charge in [0.15, 0.2) is 5.50 Å². The van der Waals surface area contributed by atoms with E-state index in [-0.39, 0.29) is 18.0 Å². The van der Waals surface area contributed by atoms with Gasteiger partial charge >= 0.3 is 0 Å². The molecule has 0 aromatic heterocycles. The van der Waals surface area contributed by atoms with Crippen molar-refractivity contribution in [1.82, 2.24) is 5.32 Å². The molecule has 1 atom stereocenters. The van der Waals surface area contributed by atoms with E-state index in [2.05, 4.69) is 51.5 Å². The molecule has 0 bridgehead atoms. The summed E-state index contributed by atoms with van der Waals surface area (Å²) >= 11 is 4.93. The molecule has 1 amide bonds. The van der Waals surface area contributed by atoms with E-state index in [0.717, 1.165) is 22.1 Å². The minimum atomic E-state index is -0.196. The van der Waals surface area contributed by atoms with Gasteiger partial charge in [-0.1, -0.05) is 42.8 Å². The Hall–Kier alpha value is -2.36. The average molecular weight is 443 g/mol. The Balaban J connectivity index is 1.67. The van der Waals surface area contributed by atoms with Crippen molar-refractivity contribution in [3.63, 3.8) is 0 Å². The first-order chi connectivity index (χ1) is 13.1. The molecule has 138 valence electrons. The van der Waals surface area contributed by atoms with Crippen molar-refractivity contribution in [2.24, 2.45) is 0 Å². The van der Waals surface area contributed by atoms with Crippen molar-refractivity contribution in [2.45, 2.75) is 18.8 Å². The summed E-state index contributed by atoms with van der Waals surface area (Å²) in [7, 11) is 0. The SMILES string of the molecule is C#CCOc1ccc(/C=C2\S[C@@H](Nc3ccc(CC)cc3)NC2=O)cc1Br. The third-order valence-electron chi connectivity index (χ3n) is 3.96. The number of halogens is 1. The smallest absolute Gasteiger partial charge is 0.260 e. The number of hydrogen-bond donors (Lipinski definition) is 2. The Morgan fingerprint density at radius 3 is 2.78 bits per heavy atom. The van der Waals surface area contributed by atoms with E-state index >= 15 is 0 Å². The Kier molecular flexibility index (Phi) is 6.49. The van der Waals surface area contributed by atoms with Gasteiger partial charge in [0.1, 0.15) is 12.4 Å². The van der Waals surface area contributed by atoms with Crippen molar-refractivity contribution in [3.8, 4) is 18.1 Å². The molecule has 2 aromatic rings. The van der Waals surface area contributed by atoms with E-state index in [1.54, 1.807) is 0 Å². The average Bonchev–Trinajstić information content (AvgIpc) is 3.00. The highest BCUT2D eigenvalue weighted by atomic mass is 79.9. The third kappa shape index (κ3) is 5.09. The lowest BCUT2D eigenvalue weighted by atomic mass is 10.1. The summed E-state index contributed by atoms with van der Waals surface area (Å²) in [4.78, 5) is 12.9. The second-order valence-electron chi connectivity index (χ2n) is 5.86. The van der Waals surface area contributed by atoms with Crippen LogP contribution in [0.15, 0.2) is 51.8 Å². The molecule has 1 fully saturated rings. The predicted octanol–water partition coefficient (Wildman–Crippen LogP) is 4.62. The molecule has 1 saturated heterocycles. The van der Waals surface area contributed by atoms with Gasteiger partial charge in [-0.3, -0.25) is 4.79 Å². The van der Waals surface area contributed by atoms with Gasteiger partial charge in [0.2, 0.25) is 0 Å². The number of anilines is 1. The number of terminal acetylenes is 1. The monoisotopic (exact) mass is 442 g/mol. The molecule has 4 nitrogen and oxygen atoms in total. The van der Waals surface area contributed by atoms with Crippen LogP contribution < -0.4 is 15.4 Å². The van der Waals surface area contributed by atoms with Crippen LogP contribution in [-0.4, -0.2) is 18.0 Å². The predicted molar refractivity (Wildman–Crippen MR) is 115 cm³/mol. The molecule has 0 unspecified atom stereocenters. The van der Waals surface area contributed by atoms with Gasteiger partial charge in [0, 0.05) is 5.69 Å². The van der Waals surface area contributed by atoms with Gasteiger partial charge < -0.3 is 15.4 Å². The standard InChI is InChI=1S/C21H19BrN2O2S/c1-3-11-26-18-10-7-15(12-17(18)22)13-19-20(25)24-21(27-19)23-16-8-5-14(4-2)6-9-16/h1,5-10,12-13,21,23H,4,11H2,2H3,(H,24,25)/b19-13-/t21-/m0/s1. The fourth-order valence-corrected chi connectivity index (χ4v) is 4.04. The molecule has 0 spiro atoms. The van der Waals surface area contributed by atoms with Gasteiger partial charge in [-0.15, -0.1) is 6.42 Å². The van der Waals surface area contributed by atoms with Crippen LogP contribution in [-0.2, 0) is 11.2 Å². The summed E-state index contributed by atoms with van der Waals surface area (Å²) in [6.07, 6.45) is 8.07. The van der Waals surface area contributed by atoms with Crippen LogP contribution in [0.4, 0.5) is 5.69 Å². The van der Waals surface area contributed by atoms with Gasteiger partial charge in [0.25, 0.3) is 5.91 Å². The molecular formula is C21H19BrN2O2S. The molecule has 1 aliphatic heterocycles. The normalized spacial score (nSPS) is 17.4. The summed E-state index contributed by atoms with van der Waals surface area (Å²) in [6, 6.07) is 13.8. The summed E-state index contributed by atoms with van der Waals surface area (Å²) in [5, 5.41) is 6.27. The highest BCUT2D eigenvalue weighted by Gasteiger charge is 2.27. The molecule has 0 saturated carbocycles. The van der Waals surface area contributed by atoms with E-state index in [1.165, 1.54) is 17.3 Å². The molecule has 2 N–H and O–H groups in total. The fourth-order valence-electron chi connectivity index (χ4n) is 2.55. The topological polar surface area (TPSA) is 50.4 Å². The van der Waals surface area contributed by atoms with Crippen molar-refractivity contribution >= 4 is 45.4 Å². The number of thioether (sulfide) groups is 1. The lowest BCUT2D eigenvalue weighted by molar-refractivity contribution is -0.116. The van der Waals surface area contributed by atoms with Crippen molar-refractivity contribution in [3.05, 3.63) is 63.0 Å². The Bertz CT molecular complexity index is 903. The van der Waals surface area contributed by atoms with E-state index < -0.39 is 0 Å². The van der Waals surface area contributed by atoms with E-state index in [0.29, 0.717) is 10.7 Å². The van der Waals surface area contributed by atoms with Crippen LogP contribution >= 0.6 is 27.7 Å². The van der Waals surface area contributed by atoms with Crippen molar-refractivity contribution in [1.29, 1.82) is 0 Å². The summed E-state index contributed by atoms with van der Waals surface area (Å²) in [6.45, 7) is 2.34. The highest BCUT2D eigenvalue weighted by molar-refractivity contribution is 9.10. The number of amides is 1. The highest BCUT2D eigenvalue weighted by Crippen LogP contribution is 2.32. The number of ether oxygens (including phenoxy) is 1.